The van der Waals surface area contributed by atoms with Gasteiger partial charge in [0.1, 0.15) is 5.82 Å². The van der Waals surface area contributed by atoms with Gasteiger partial charge in [-0.3, -0.25) is 14.2 Å². The van der Waals surface area contributed by atoms with E-state index in [1.54, 1.807) is 23.4 Å². The molecule has 0 bridgehead atoms. The minimum atomic E-state index is -0.922. The Bertz CT molecular complexity index is 752. The van der Waals surface area contributed by atoms with Gasteiger partial charge in [-0.15, -0.1) is 0 Å². The molecule has 3 rings (SSSR count). The second-order valence-electron chi connectivity index (χ2n) is 6.57. The first-order valence-electron chi connectivity index (χ1n) is 7.88. The Morgan fingerprint density at radius 1 is 1.26 bits per heavy atom. The summed E-state index contributed by atoms with van der Waals surface area (Å²) in [5.74, 6) is 0.628. The van der Waals surface area contributed by atoms with E-state index >= 15 is 0 Å². The number of carbonyl (C=O) groups excluding carboxylic acids is 1. The highest BCUT2D eigenvalue weighted by atomic mass is 16.7. The van der Waals surface area contributed by atoms with Gasteiger partial charge in [-0.05, 0) is 27.2 Å². The quantitative estimate of drug-likeness (QED) is 0.758. The highest BCUT2D eigenvalue weighted by Gasteiger charge is 2.43. The topological polar surface area (TPSA) is 76.8 Å². The Kier molecular flexibility index (Phi) is 3.74. The molecule has 1 unspecified atom stereocenters. The molecule has 0 radical (unpaired) electrons. The molecule has 0 fully saturated rings. The predicted octanol–water partition coefficient (Wildman–Crippen LogP) is 0.571. The first-order chi connectivity index (χ1) is 10.8. The van der Waals surface area contributed by atoms with Crippen LogP contribution in [0.3, 0.4) is 0 Å². The molecule has 3 heterocycles. The van der Waals surface area contributed by atoms with Gasteiger partial charge in [0.15, 0.2) is 0 Å². The minimum absolute atomic E-state index is 0.00990. The fraction of sp³-hybridized carbons (Fsp3) is 0.625. The van der Waals surface area contributed by atoms with E-state index in [1.165, 1.54) is 0 Å². The number of hydrogen-bond donors (Lipinski definition) is 0. The van der Waals surface area contributed by atoms with Crippen LogP contribution in [-0.2, 0) is 29.5 Å². The molecule has 1 atom stereocenters. The van der Waals surface area contributed by atoms with Gasteiger partial charge < -0.3 is 9.74 Å². The van der Waals surface area contributed by atoms with Crippen LogP contribution >= 0.6 is 0 Å². The molecule has 124 valence electrons. The molecule has 1 aromatic rings. The Morgan fingerprint density at radius 3 is 2.61 bits per heavy atom. The van der Waals surface area contributed by atoms with Crippen molar-refractivity contribution in [3.05, 3.63) is 27.4 Å². The number of carbonyl (C=O) groups is 1. The smallest absolute Gasteiger partial charge is 0.269 e. The summed E-state index contributed by atoms with van der Waals surface area (Å²) in [5, 5.41) is 3.91. The molecule has 0 aromatic carbocycles. The molecule has 1 aromatic heterocycles. The molecule has 7 nitrogen and oxygen atoms in total. The number of oxime groups is 1. The summed E-state index contributed by atoms with van der Waals surface area (Å²) in [5.41, 5.74) is 1.42. The zero-order valence-electron chi connectivity index (χ0n) is 14.0. The number of hydrogen-bond acceptors (Lipinski definition) is 5. The van der Waals surface area contributed by atoms with Crippen LogP contribution in [0, 0.1) is 6.92 Å². The third-order valence-electron chi connectivity index (χ3n) is 4.68. The van der Waals surface area contributed by atoms with E-state index in [-0.39, 0.29) is 11.5 Å². The summed E-state index contributed by atoms with van der Waals surface area (Å²) in [4.78, 5) is 36.9. The first kappa shape index (κ1) is 15.7. The van der Waals surface area contributed by atoms with E-state index in [1.807, 2.05) is 13.8 Å². The lowest BCUT2D eigenvalue weighted by molar-refractivity contribution is -0.153. The fourth-order valence-electron chi connectivity index (χ4n) is 3.25. The van der Waals surface area contributed by atoms with Gasteiger partial charge in [-0.2, -0.15) is 0 Å². The van der Waals surface area contributed by atoms with Crippen molar-refractivity contribution in [3.63, 3.8) is 0 Å². The molecule has 0 spiro atoms. The zero-order chi connectivity index (χ0) is 16.8. The Hall–Kier alpha value is -2.18. The SMILES string of the molecule is CC1=NOC(C)(C(=O)N2CCc3nc(C)n(C)c(=O)c3CC2)C1. The number of rotatable bonds is 1. The van der Waals surface area contributed by atoms with Crippen molar-refractivity contribution < 1.29 is 9.63 Å². The normalized spacial score (nSPS) is 23.8. The van der Waals surface area contributed by atoms with Gasteiger partial charge in [0.2, 0.25) is 5.60 Å². The predicted molar refractivity (Wildman–Crippen MR) is 85.4 cm³/mol. The lowest BCUT2D eigenvalue weighted by Crippen LogP contribution is -2.48. The van der Waals surface area contributed by atoms with Crippen molar-refractivity contribution in [2.24, 2.45) is 12.2 Å². The Morgan fingerprint density at radius 2 is 1.96 bits per heavy atom. The third-order valence-corrected chi connectivity index (χ3v) is 4.68. The van der Waals surface area contributed by atoms with Crippen LogP contribution in [0.5, 0.6) is 0 Å². The number of amides is 1. The van der Waals surface area contributed by atoms with Crippen molar-refractivity contribution in [1.29, 1.82) is 0 Å². The summed E-state index contributed by atoms with van der Waals surface area (Å²) in [7, 11) is 1.73. The maximum absolute atomic E-state index is 12.8. The molecular formula is C16H22N4O3. The number of fused-ring (bicyclic) bond motifs is 1. The number of aryl methyl sites for hydroxylation is 1. The van der Waals surface area contributed by atoms with E-state index in [0.29, 0.717) is 38.2 Å². The average Bonchev–Trinajstić information content (AvgIpc) is 2.74. The summed E-state index contributed by atoms with van der Waals surface area (Å²) in [6, 6.07) is 0. The number of nitrogens with zero attached hydrogens (tertiary/aromatic N) is 4. The molecule has 1 amide bonds. The van der Waals surface area contributed by atoms with Crippen molar-refractivity contribution >= 4 is 11.6 Å². The lowest BCUT2D eigenvalue weighted by Gasteiger charge is -2.28. The van der Waals surface area contributed by atoms with E-state index in [9.17, 15) is 9.59 Å². The van der Waals surface area contributed by atoms with Crippen LogP contribution < -0.4 is 5.56 Å². The van der Waals surface area contributed by atoms with Crippen molar-refractivity contribution in [2.45, 2.75) is 45.6 Å². The van der Waals surface area contributed by atoms with Crippen LogP contribution in [0.1, 0.15) is 37.4 Å². The van der Waals surface area contributed by atoms with E-state index in [0.717, 1.165) is 17.0 Å². The third kappa shape index (κ3) is 2.64. The summed E-state index contributed by atoms with van der Waals surface area (Å²) < 4.78 is 1.56. The highest BCUT2D eigenvalue weighted by molar-refractivity contribution is 5.94. The Labute approximate surface area is 134 Å². The standard InChI is InChI=1S/C16H22N4O3/c1-10-9-16(3,23-18-10)15(22)20-7-5-12-13(6-8-20)17-11(2)19(4)14(12)21/h5-9H2,1-4H3. The van der Waals surface area contributed by atoms with Gasteiger partial charge in [-0.1, -0.05) is 5.16 Å². The van der Waals surface area contributed by atoms with E-state index in [4.69, 9.17) is 4.84 Å². The first-order valence-corrected chi connectivity index (χ1v) is 7.88. The summed E-state index contributed by atoms with van der Waals surface area (Å²) in [6.45, 7) is 6.50. The number of aromatic nitrogens is 2. The molecule has 0 aliphatic carbocycles. The fourth-order valence-corrected chi connectivity index (χ4v) is 3.25. The molecule has 23 heavy (non-hydrogen) atoms. The maximum Gasteiger partial charge on any atom is 0.269 e. The van der Waals surface area contributed by atoms with Crippen LogP contribution in [0.4, 0.5) is 0 Å². The molecular weight excluding hydrogens is 296 g/mol. The largest absolute Gasteiger partial charge is 0.379 e. The van der Waals surface area contributed by atoms with Gasteiger partial charge in [0, 0.05) is 38.5 Å². The second kappa shape index (κ2) is 5.47. The van der Waals surface area contributed by atoms with Crippen molar-refractivity contribution in [1.82, 2.24) is 14.5 Å². The molecule has 0 saturated heterocycles. The van der Waals surface area contributed by atoms with Crippen LogP contribution in [0.15, 0.2) is 9.95 Å². The summed E-state index contributed by atoms with van der Waals surface area (Å²) in [6.07, 6.45) is 1.62. The zero-order valence-corrected chi connectivity index (χ0v) is 14.0. The van der Waals surface area contributed by atoms with Crippen LogP contribution in [-0.4, -0.2) is 44.8 Å². The second-order valence-corrected chi connectivity index (χ2v) is 6.57. The average molecular weight is 318 g/mol. The van der Waals surface area contributed by atoms with Gasteiger partial charge in [-0.25, -0.2) is 4.98 Å². The van der Waals surface area contributed by atoms with Crippen LogP contribution in [0.25, 0.3) is 0 Å². The van der Waals surface area contributed by atoms with Crippen molar-refractivity contribution in [3.8, 4) is 0 Å². The molecule has 0 N–H and O–H groups in total. The van der Waals surface area contributed by atoms with Gasteiger partial charge in [0.05, 0.1) is 11.4 Å². The molecule has 2 aliphatic heterocycles. The van der Waals surface area contributed by atoms with Crippen molar-refractivity contribution in [2.75, 3.05) is 13.1 Å². The lowest BCUT2D eigenvalue weighted by atomic mass is 9.98. The molecule has 7 heteroatoms. The highest BCUT2D eigenvalue weighted by Crippen LogP contribution is 2.26. The van der Waals surface area contributed by atoms with Gasteiger partial charge >= 0.3 is 0 Å². The van der Waals surface area contributed by atoms with Crippen LogP contribution in [0.2, 0.25) is 0 Å². The summed E-state index contributed by atoms with van der Waals surface area (Å²) >= 11 is 0. The minimum Gasteiger partial charge on any atom is -0.379 e. The van der Waals surface area contributed by atoms with Gasteiger partial charge in [0.25, 0.3) is 11.5 Å². The van der Waals surface area contributed by atoms with E-state index in [2.05, 4.69) is 10.1 Å². The maximum atomic E-state index is 12.8. The van der Waals surface area contributed by atoms with E-state index < -0.39 is 5.60 Å². The molecule has 2 aliphatic rings. The monoisotopic (exact) mass is 318 g/mol. The molecule has 0 saturated carbocycles. The Balaban J connectivity index is 1.82.